The number of ether oxygens (including phenoxy) is 2. The summed E-state index contributed by atoms with van der Waals surface area (Å²) in [5.41, 5.74) is 4.84. The fraction of sp³-hybridized carbons (Fsp3) is 0.0870. The molecule has 0 radical (unpaired) electrons. The minimum absolute atomic E-state index is 0.814. The largest absolute Gasteiger partial charge is 0.497 e. The minimum atomic E-state index is 0.814. The third kappa shape index (κ3) is 3.83. The summed E-state index contributed by atoms with van der Waals surface area (Å²) in [6.07, 6.45) is 1.81. The molecular formula is C23H21N3O2. The number of aromatic nitrogens is 1. The second-order valence-electron chi connectivity index (χ2n) is 6.30. The van der Waals surface area contributed by atoms with E-state index in [2.05, 4.69) is 21.7 Å². The molecule has 0 bridgehead atoms. The Balaban J connectivity index is 1.60. The molecule has 2 N–H and O–H groups in total. The maximum absolute atomic E-state index is 5.30. The van der Waals surface area contributed by atoms with Crippen LogP contribution in [-0.4, -0.2) is 19.2 Å². The van der Waals surface area contributed by atoms with Crippen LogP contribution in [0.2, 0.25) is 0 Å². The summed E-state index contributed by atoms with van der Waals surface area (Å²) < 4.78 is 10.5. The summed E-state index contributed by atoms with van der Waals surface area (Å²) in [7, 11) is 3.33. The molecule has 5 heteroatoms. The molecule has 0 aliphatic carbocycles. The van der Waals surface area contributed by atoms with Gasteiger partial charge in [-0.15, -0.1) is 0 Å². The summed E-state index contributed by atoms with van der Waals surface area (Å²) in [6.45, 7) is 0. The zero-order chi connectivity index (χ0) is 19.3. The van der Waals surface area contributed by atoms with Gasteiger partial charge in [0.05, 0.1) is 19.7 Å². The molecule has 0 atom stereocenters. The van der Waals surface area contributed by atoms with E-state index in [1.54, 1.807) is 14.2 Å². The van der Waals surface area contributed by atoms with Crippen LogP contribution in [0.1, 0.15) is 0 Å². The Morgan fingerprint density at radius 3 is 2.21 bits per heavy atom. The summed E-state index contributed by atoms with van der Waals surface area (Å²) >= 11 is 0. The van der Waals surface area contributed by atoms with Gasteiger partial charge in [-0.25, -0.2) is 0 Å². The molecule has 0 amide bonds. The molecule has 0 aliphatic heterocycles. The molecule has 140 valence electrons. The lowest BCUT2D eigenvalue weighted by Gasteiger charge is -2.12. The van der Waals surface area contributed by atoms with Crippen molar-refractivity contribution < 1.29 is 9.47 Å². The van der Waals surface area contributed by atoms with Crippen LogP contribution < -0.4 is 20.1 Å². The van der Waals surface area contributed by atoms with Crippen LogP contribution in [-0.2, 0) is 0 Å². The highest BCUT2D eigenvalue weighted by Crippen LogP contribution is 2.29. The second kappa shape index (κ2) is 7.88. The van der Waals surface area contributed by atoms with E-state index in [9.17, 15) is 0 Å². The van der Waals surface area contributed by atoms with Gasteiger partial charge in [0.15, 0.2) is 0 Å². The minimum Gasteiger partial charge on any atom is -0.497 e. The number of anilines is 4. The van der Waals surface area contributed by atoms with Gasteiger partial charge >= 0.3 is 0 Å². The van der Waals surface area contributed by atoms with Gasteiger partial charge in [-0.05, 0) is 60.7 Å². The summed E-state index contributed by atoms with van der Waals surface area (Å²) in [5.74, 6) is 1.65. The summed E-state index contributed by atoms with van der Waals surface area (Å²) in [4.78, 5) is 4.52. The maximum Gasteiger partial charge on any atom is 0.120 e. The van der Waals surface area contributed by atoms with Crippen molar-refractivity contribution in [1.29, 1.82) is 0 Å². The van der Waals surface area contributed by atoms with Crippen LogP contribution in [0, 0.1) is 0 Å². The normalized spacial score (nSPS) is 10.5. The number of fused-ring (bicyclic) bond motifs is 1. The van der Waals surface area contributed by atoms with Gasteiger partial charge in [-0.1, -0.05) is 6.07 Å². The Morgan fingerprint density at radius 1 is 0.679 bits per heavy atom. The van der Waals surface area contributed by atoms with E-state index in [1.807, 2.05) is 72.9 Å². The highest BCUT2D eigenvalue weighted by Gasteiger charge is 2.05. The van der Waals surface area contributed by atoms with Crippen LogP contribution in [0.25, 0.3) is 10.9 Å². The number of pyridine rings is 1. The first-order chi connectivity index (χ1) is 13.7. The average molecular weight is 371 g/mol. The monoisotopic (exact) mass is 371 g/mol. The fourth-order valence-electron chi connectivity index (χ4n) is 3.03. The molecule has 0 spiro atoms. The van der Waals surface area contributed by atoms with Crippen molar-refractivity contribution in [1.82, 2.24) is 4.98 Å². The van der Waals surface area contributed by atoms with E-state index < -0.39 is 0 Å². The molecule has 3 aromatic carbocycles. The van der Waals surface area contributed by atoms with E-state index in [1.165, 1.54) is 0 Å². The third-order valence-electron chi connectivity index (χ3n) is 4.47. The summed E-state index contributed by atoms with van der Waals surface area (Å²) in [6, 6.07) is 23.8. The highest BCUT2D eigenvalue weighted by atomic mass is 16.5. The molecule has 4 aromatic rings. The van der Waals surface area contributed by atoms with Crippen LogP contribution in [0.5, 0.6) is 11.5 Å². The van der Waals surface area contributed by atoms with E-state index in [-0.39, 0.29) is 0 Å². The van der Waals surface area contributed by atoms with Gasteiger partial charge in [0.2, 0.25) is 0 Å². The number of hydrogen-bond acceptors (Lipinski definition) is 5. The zero-order valence-corrected chi connectivity index (χ0v) is 15.8. The quantitative estimate of drug-likeness (QED) is 0.453. The number of nitrogens with one attached hydrogen (secondary N) is 2. The molecule has 28 heavy (non-hydrogen) atoms. The van der Waals surface area contributed by atoms with E-state index in [0.29, 0.717) is 0 Å². The number of rotatable bonds is 6. The Bertz CT molecular complexity index is 1090. The summed E-state index contributed by atoms with van der Waals surface area (Å²) in [5, 5.41) is 7.90. The van der Waals surface area contributed by atoms with Crippen molar-refractivity contribution in [3.8, 4) is 11.5 Å². The molecule has 5 nitrogen and oxygen atoms in total. The van der Waals surface area contributed by atoms with Crippen molar-refractivity contribution in [3.05, 3.63) is 79.0 Å². The van der Waals surface area contributed by atoms with Gasteiger partial charge in [0.1, 0.15) is 11.5 Å². The average Bonchev–Trinajstić information content (AvgIpc) is 2.74. The molecule has 4 rings (SSSR count). The van der Waals surface area contributed by atoms with Crippen molar-refractivity contribution in [2.24, 2.45) is 0 Å². The van der Waals surface area contributed by atoms with Crippen molar-refractivity contribution in [2.75, 3.05) is 24.9 Å². The molecular weight excluding hydrogens is 350 g/mol. The molecule has 0 fully saturated rings. The second-order valence-corrected chi connectivity index (χ2v) is 6.30. The lowest BCUT2D eigenvalue weighted by Crippen LogP contribution is -1.95. The predicted molar refractivity (Wildman–Crippen MR) is 114 cm³/mol. The van der Waals surface area contributed by atoms with Crippen molar-refractivity contribution in [3.63, 3.8) is 0 Å². The van der Waals surface area contributed by atoms with Crippen LogP contribution in [0.4, 0.5) is 22.7 Å². The first-order valence-electron chi connectivity index (χ1n) is 8.96. The van der Waals surface area contributed by atoms with Crippen LogP contribution in [0.15, 0.2) is 79.0 Å². The molecule has 0 aliphatic rings. The maximum atomic E-state index is 5.30. The molecule has 1 heterocycles. The van der Waals surface area contributed by atoms with Crippen molar-refractivity contribution in [2.45, 2.75) is 0 Å². The van der Waals surface area contributed by atoms with E-state index >= 15 is 0 Å². The number of benzene rings is 3. The predicted octanol–water partition coefficient (Wildman–Crippen LogP) is 5.74. The number of nitrogens with zero attached hydrogens (tertiary/aromatic N) is 1. The Hall–Kier alpha value is -3.73. The SMILES string of the molecule is COc1ccc(Nc2ccc3c(Nc4cccc(OC)c4)ccnc3c2)cc1. The first kappa shape index (κ1) is 17.7. The van der Waals surface area contributed by atoms with Gasteiger partial charge in [0, 0.05) is 40.4 Å². The molecule has 0 unspecified atom stereocenters. The third-order valence-corrected chi connectivity index (χ3v) is 4.47. The molecule has 0 saturated heterocycles. The topological polar surface area (TPSA) is 55.4 Å². The lowest BCUT2D eigenvalue weighted by atomic mass is 10.1. The van der Waals surface area contributed by atoms with Crippen molar-refractivity contribution >= 4 is 33.7 Å². The zero-order valence-electron chi connectivity index (χ0n) is 15.8. The molecule has 1 aromatic heterocycles. The Kier molecular flexibility index (Phi) is 4.97. The van der Waals surface area contributed by atoms with Gasteiger partial charge in [-0.2, -0.15) is 0 Å². The Morgan fingerprint density at radius 2 is 1.43 bits per heavy atom. The number of hydrogen-bond donors (Lipinski definition) is 2. The van der Waals surface area contributed by atoms with E-state index in [0.717, 1.165) is 45.2 Å². The van der Waals surface area contributed by atoms with Crippen LogP contribution in [0.3, 0.4) is 0 Å². The Labute approximate surface area is 164 Å². The highest BCUT2D eigenvalue weighted by molar-refractivity contribution is 5.94. The standard InChI is InChI=1S/C23H21N3O2/c1-27-19-9-6-16(7-10-19)25-18-8-11-21-22(12-13-24-23(21)15-18)26-17-4-3-5-20(14-17)28-2/h3-15,25H,1-2H3,(H,24,26). The van der Waals surface area contributed by atoms with E-state index in [4.69, 9.17) is 9.47 Å². The van der Waals surface area contributed by atoms with Crippen LogP contribution >= 0.6 is 0 Å². The first-order valence-corrected chi connectivity index (χ1v) is 8.96. The molecule has 0 saturated carbocycles. The van der Waals surface area contributed by atoms with Gasteiger partial charge in [-0.3, -0.25) is 4.98 Å². The van der Waals surface area contributed by atoms with Gasteiger partial charge in [0.25, 0.3) is 0 Å². The van der Waals surface area contributed by atoms with Gasteiger partial charge < -0.3 is 20.1 Å². The number of methoxy groups -OCH3 is 2. The smallest absolute Gasteiger partial charge is 0.120 e. The lowest BCUT2D eigenvalue weighted by molar-refractivity contribution is 0.415. The fourth-order valence-corrected chi connectivity index (χ4v) is 3.03.